The van der Waals surface area contributed by atoms with E-state index in [2.05, 4.69) is 9.47 Å². The number of rotatable bonds is 8. The van der Waals surface area contributed by atoms with Crippen molar-refractivity contribution in [3.8, 4) is 5.75 Å². The summed E-state index contributed by atoms with van der Waals surface area (Å²) in [6, 6.07) is 7.71. The van der Waals surface area contributed by atoms with Crippen molar-refractivity contribution < 1.29 is 23.8 Å². The zero-order chi connectivity index (χ0) is 16.4. The van der Waals surface area contributed by atoms with E-state index in [9.17, 15) is 9.59 Å². The summed E-state index contributed by atoms with van der Waals surface area (Å²) in [7, 11) is 4.16. The molecule has 0 fully saturated rings. The molecule has 0 atom stereocenters. The third-order valence-electron chi connectivity index (χ3n) is 3.24. The maximum atomic E-state index is 11.5. The molecule has 0 saturated carbocycles. The lowest BCUT2D eigenvalue weighted by Crippen LogP contribution is -2.26. The minimum Gasteiger partial charge on any atom is -0.497 e. The maximum absolute atomic E-state index is 11.5. The van der Waals surface area contributed by atoms with E-state index in [0.717, 1.165) is 17.7 Å². The van der Waals surface area contributed by atoms with Crippen LogP contribution in [0.4, 0.5) is 0 Å². The molecule has 1 aromatic carbocycles. The topological polar surface area (TPSA) is 61.8 Å². The van der Waals surface area contributed by atoms with Crippen molar-refractivity contribution in [2.24, 2.45) is 5.92 Å². The molecule has 0 spiro atoms. The Hall–Kier alpha value is -2.30. The molecule has 0 amide bonds. The highest BCUT2D eigenvalue weighted by atomic mass is 16.5. The van der Waals surface area contributed by atoms with Crippen LogP contribution in [0.15, 0.2) is 30.3 Å². The zero-order valence-electron chi connectivity index (χ0n) is 13.2. The van der Waals surface area contributed by atoms with Crippen molar-refractivity contribution >= 4 is 18.0 Å². The van der Waals surface area contributed by atoms with E-state index in [1.54, 1.807) is 7.11 Å². The summed E-state index contributed by atoms with van der Waals surface area (Å²) in [6.45, 7) is 0. The minimum atomic E-state index is -0.847. The molecule has 0 unspecified atom stereocenters. The Balaban J connectivity index is 2.46. The molecule has 0 aromatic heterocycles. The molecule has 22 heavy (non-hydrogen) atoms. The highest BCUT2D eigenvalue weighted by Crippen LogP contribution is 2.16. The average Bonchev–Trinajstić information content (AvgIpc) is 2.57. The van der Waals surface area contributed by atoms with Crippen molar-refractivity contribution in [3.63, 3.8) is 0 Å². The number of hydrogen-bond acceptors (Lipinski definition) is 5. The number of carbonyl (C=O) groups is 2. The van der Waals surface area contributed by atoms with Gasteiger partial charge in [0.15, 0.2) is 5.92 Å². The van der Waals surface area contributed by atoms with Crippen LogP contribution in [0.2, 0.25) is 0 Å². The summed E-state index contributed by atoms with van der Waals surface area (Å²) in [5.74, 6) is -1.15. The van der Waals surface area contributed by atoms with E-state index in [0.29, 0.717) is 12.8 Å². The average molecular weight is 306 g/mol. The summed E-state index contributed by atoms with van der Waals surface area (Å²) < 4.78 is 14.4. The van der Waals surface area contributed by atoms with Gasteiger partial charge in [0.25, 0.3) is 0 Å². The van der Waals surface area contributed by atoms with Crippen molar-refractivity contribution in [2.45, 2.75) is 19.3 Å². The predicted molar refractivity (Wildman–Crippen MR) is 83.4 cm³/mol. The molecule has 0 radical (unpaired) electrons. The lowest BCUT2D eigenvalue weighted by atomic mass is 10.0. The Bertz CT molecular complexity index is 506. The summed E-state index contributed by atoms with van der Waals surface area (Å²) in [5, 5.41) is 0. The van der Waals surface area contributed by atoms with Gasteiger partial charge in [0.05, 0.1) is 21.3 Å². The number of carbonyl (C=O) groups excluding carboxylic acids is 2. The number of esters is 2. The van der Waals surface area contributed by atoms with Gasteiger partial charge in [0, 0.05) is 0 Å². The van der Waals surface area contributed by atoms with Crippen molar-refractivity contribution in [3.05, 3.63) is 35.9 Å². The van der Waals surface area contributed by atoms with Gasteiger partial charge in [0.2, 0.25) is 0 Å². The van der Waals surface area contributed by atoms with Crippen molar-refractivity contribution in [1.29, 1.82) is 0 Å². The third kappa shape index (κ3) is 5.60. The molecule has 0 N–H and O–H groups in total. The summed E-state index contributed by atoms with van der Waals surface area (Å²) in [4.78, 5) is 23.0. The standard InChI is InChI=1S/C17H22O5/c1-20-14-10-7-9-13(12-14)8-5-4-6-11-15(16(18)21-2)17(19)22-3/h5,7-10,12,15H,4,6,11H2,1-3H3/b8-5+. The summed E-state index contributed by atoms with van der Waals surface area (Å²) >= 11 is 0. The number of ether oxygens (including phenoxy) is 3. The Morgan fingerprint density at radius 1 is 1.14 bits per heavy atom. The monoisotopic (exact) mass is 306 g/mol. The first-order valence-electron chi connectivity index (χ1n) is 7.08. The van der Waals surface area contributed by atoms with Crippen LogP contribution in [-0.2, 0) is 19.1 Å². The van der Waals surface area contributed by atoms with Gasteiger partial charge in [-0.05, 0) is 37.0 Å². The third-order valence-corrected chi connectivity index (χ3v) is 3.24. The van der Waals surface area contributed by atoms with E-state index in [1.807, 2.05) is 36.4 Å². The molecule has 1 rings (SSSR count). The van der Waals surface area contributed by atoms with Crippen LogP contribution in [-0.4, -0.2) is 33.3 Å². The van der Waals surface area contributed by atoms with Gasteiger partial charge in [-0.2, -0.15) is 0 Å². The molecule has 1 aromatic rings. The second kappa shape index (κ2) is 9.60. The largest absolute Gasteiger partial charge is 0.497 e. The van der Waals surface area contributed by atoms with Gasteiger partial charge in [-0.1, -0.05) is 24.3 Å². The van der Waals surface area contributed by atoms with E-state index in [1.165, 1.54) is 14.2 Å². The second-order valence-corrected chi connectivity index (χ2v) is 4.71. The molecular formula is C17H22O5. The smallest absolute Gasteiger partial charge is 0.320 e. The molecule has 0 aliphatic carbocycles. The fourth-order valence-corrected chi connectivity index (χ4v) is 2.02. The second-order valence-electron chi connectivity index (χ2n) is 4.71. The highest BCUT2D eigenvalue weighted by molar-refractivity contribution is 5.94. The summed E-state index contributed by atoms with van der Waals surface area (Å²) in [6.07, 6.45) is 5.83. The van der Waals surface area contributed by atoms with E-state index < -0.39 is 17.9 Å². The molecule has 0 aliphatic heterocycles. The minimum absolute atomic E-state index is 0.405. The maximum Gasteiger partial charge on any atom is 0.320 e. The fraction of sp³-hybridized carbons (Fsp3) is 0.412. The fourth-order valence-electron chi connectivity index (χ4n) is 2.02. The molecule has 0 saturated heterocycles. The quantitative estimate of drug-likeness (QED) is 0.420. The van der Waals surface area contributed by atoms with Crippen LogP contribution >= 0.6 is 0 Å². The predicted octanol–water partition coefficient (Wildman–Crippen LogP) is 2.84. The molecule has 120 valence electrons. The number of methoxy groups -OCH3 is 3. The lowest BCUT2D eigenvalue weighted by Gasteiger charge is -2.11. The molecule has 0 heterocycles. The first kappa shape index (κ1) is 17.8. The van der Waals surface area contributed by atoms with Gasteiger partial charge >= 0.3 is 11.9 Å². The molecule has 0 aliphatic rings. The lowest BCUT2D eigenvalue weighted by molar-refractivity contribution is -0.159. The summed E-state index contributed by atoms with van der Waals surface area (Å²) in [5.41, 5.74) is 1.04. The van der Waals surface area contributed by atoms with E-state index in [4.69, 9.17) is 4.74 Å². The van der Waals surface area contributed by atoms with Crippen LogP contribution in [0, 0.1) is 5.92 Å². The van der Waals surface area contributed by atoms with Crippen LogP contribution in [0.25, 0.3) is 6.08 Å². The number of benzene rings is 1. The van der Waals surface area contributed by atoms with Crippen LogP contribution in [0.5, 0.6) is 5.75 Å². The van der Waals surface area contributed by atoms with Gasteiger partial charge < -0.3 is 14.2 Å². The van der Waals surface area contributed by atoms with Gasteiger partial charge in [-0.3, -0.25) is 9.59 Å². The normalized spacial score (nSPS) is 10.7. The number of hydrogen-bond donors (Lipinski definition) is 0. The number of unbranched alkanes of at least 4 members (excludes halogenated alkanes) is 1. The van der Waals surface area contributed by atoms with Gasteiger partial charge in [-0.15, -0.1) is 0 Å². The Morgan fingerprint density at radius 3 is 2.41 bits per heavy atom. The van der Waals surface area contributed by atoms with Crippen LogP contribution in [0.1, 0.15) is 24.8 Å². The van der Waals surface area contributed by atoms with E-state index in [-0.39, 0.29) is 0 Å². The van der Waals surface area contributed by atoms with Crippen molar-refractivity contribution in [1.82, 2.24) is 0 Å². The zero-order valence-corrected chi connectivity index (χ0v) is 13.2. The first-order chi connectivity index (χ1) is 10.6. The molecule has 0 bridgehead atoms. The highest BCUT2D eigenvalue weighted by Gasteiger charge is 2.27. The van der Waals surface area contributed by atoms with Crippen LogP contribution in [0.3, 0.4) is 0 Å². The van der Waals surface area contributed by atoms with Gasteiger partial charge in [0.1, 0.15) is 5.75 Å². The molecule has 5 heteroatoms. The molecular weight excluding hydrogens is 284 g/mol. The Morgan fingerprint density at radius 2 is 1.82 bits per heavy atom. The molecule has 5 nitrogen and oxygen atoms in total. The Kier molecular flexibility index (Phi) is 7.75. The van der Waals surface area contributed by atoms with Crippen LogP contribution < -0.4 is 4.74 Å². The van der Waals surface area contributed by atoms with Gasteiger partial charge in [-0.25, -0.2) is 0 Å². The first-order valence-corrected chi connectivity index (χ1v) is 7.08. The SMILES string of the molecule is COC(=O)C(CCC/C=C/c1cccc(OC)c1)C(=O)OC. The van der Waals surface area contributed by atoms with E-state index >= 15 is 0 Å². The number of allylic oxidation sites excluding steroid dienone is 1. The van der Waals surface area contributed by atoms with Crippen molar-refractivity contribution in [2.75, 3.05) is 21.3 Å². The Labute approximate surface area is 130 Å².